The third kappa shape index (κ3) is 3.54. The average molecular weight is 253 g/mol. The van der Waals surface area contributed by atoms with Gasteiger partial charge in [-0.2, -0.15) is 5.26 Å². The number of nitrogens with one attached hydrogen (secondary N) is 1. The molecule has 1 amide bonds. The Morgan fingerprint density at radius 1 is 1.26 bits per heavy atom. The summed E-state index contributed by atoms with van der Waals surface area (Å²) in [5.74, 6) is 0.525. The third-order valence-corrected chi connectivity index (χ3v) is 2.30. The van der Waals surface area contributed by atoms with E-state index in [0.717, 1.165) is 0 Å². The number of pyridine rings is 1. The molecule has 0 unspecified atom stereocenters. The van der Waals surface area contributed by atoms with Gasteiger partial charge in [-0.1, -0.05) is 18.2 Å². The summed E-state index contributed by atoms with van der Waals surface area (Å²) < 4.78 is 5.30. The van der Waals surface area contributed by atoms with Crippen LogP contribution in [0.1, 0.15) is 5.56 Å². The zero-order valence-corrected chi connectivity index (χ0v) is 10.0. The van der Waals surface area contributed by atoms with Crippen molar-refractivity contribution in [1.29, 1.82) is 5.26 Å². The highest BCUT2D eigenvalue weighted by Crippen LogP contribution is 2.16. The Morgan fingerprint density at radius 3 is 2.79 bits per heavy atom. The van der Waals surface area contributed by atoms with E-state index in [1.807, 2.05) is 6.07 Å². The Hall–Kier alpha value is -2.87. The van der Waals surface area contributed by atoms with Crippen LogP contribution in [0.4, 0.5) is 5.82 Å². The number of aromatic nitrogens is 1. The molecule has 1 aromatic carbocycles. The molecule has 0 atom stereocenters. The van der Waals surface area contributed by atoms with Crippen LogP contribution in [0.25, 0.3) is 0 Å². The van der Waals surface area contributed by atoms with Gasteiger partial charge in [-0.05, 0) is 24.3 Å². The highest BCUT2D eigenvalue weighted by atomic mass is 16.5. The fraction of sp³-hybridized carbons (Fsp3) is 0.0714. The quantitative estimate of drug-likeness (QED) is 0.903. The summed E-state index contributed by atoms with van der Waals surface area (Å²) in [6.07, 6.45) is 1.58. The molecule has 0 radical (unpaired) electrons. The molecule has 1 heterocycles. The van der Waals surface area contributed by atoms with Gasteiger partial charge in [0.2, 0.25) is 0 Å². The number of carbonyl (C=O) groups excluding carboxylic acids is 1. The van der Waals surface area contributed by atoms with E-state index in [1.165, 1.54) is 0 Å². The lowest BCUT2D eigenvalue weighted by Gasteiger charge is -2.07. The maximum atomic E-state index is 11.6. The lowest BCUT2D eigenvalue weighted by molar-refractivity contribution is -0.118. The predicted molar refractivity (Wildman–Crippen MR) is 69.5 cm³/mol. The first-order valence-electron chi connectivity index (χ1n) is 5.62. The van der Waals surface area contributed by atoms with Gasteiger partial charge in [0.15, 0.2) is 6.61 Å². The molecule has 0 bridgehead atoms. The van der Waals surface area contributed by atoms with Crippen LogP contribution in [0.15, 0.2) is 48.7 Å². The minimum atomic E-state index is -0.327. The first kappa shape index (κ1) is 12.6. The third-order valence-electron chi connectivity index (χ3n) is 2.30. The molecular weight excluding hydrogens is 242 g/mol. The van der Waals surface area contributed by atoms with Gasteiger partial charge in [0.1, 0.15) is 17.6 Å². The van der Waals surface area contributed by atoms with Crippen LogP contribution in [0.5, 0.6) is 5.75 Å². The van der Waals surface area contributed by atoms with E-state index in [2.05, 4.69) is 10.3 Å². The molecular formula is C14H11N3O2. The van der Waals surface area contributed by atoms with Gasteiger partial charge in [-0.3, -0.25) is 4.79 Å². The lowest BCUT2D eigenvalue weighted by Crippen LogP contribution is -2.20. The number of amides is 1. The molecule has 0 aliphatic rings. The second-order valence-corrected chi connectivity index (χ2v) is 3.66. The highest BCUT2D eigenvalue weighted by molar-refractivity contribution is 5.90. The van der Waals surface area contributed by atoms with Crippen molar-refractivity contribution in [3.63, 3.8) is 0 Å². The van der Waals surface area contributed by atoms with Crippen LogP contribution >= 0.6 is 0 Å². The van der Waals surface area contributed by atoms with Crippen LogP contribution in [-0.4, -0.2) is 17.5 Å². The zero-order chi connectivity index (χ0) is 13.5. The standard InChI is InChI=1S/C14H11N3O2/c15-9-11-5-1-2-6-12(11)19-10-14(18)17-13-7-3-4-8-16-13/h1-8H,10H2,(H,16,17,18). The van der Waals surface area contributed by atoms with E-state index in [4.69, 9.17) is 10.00 Å². The number of para-hydroxylation sites is 1. The van der Waals surface area contributed by atoms with Gasteiger partial charge >= 0.3 is 0 Å². The van der Waals surface area contributed by atoms with Gasteiger partial charge in [0, 0.05) is 6.20 Å². The predicted octanol–water partition coefficient (Wildman–Crippen LogP) is 1.97. The molecule has 0 saturated heterocycles. The number of hydrogen-bond acceptors (Lipinski definition) is 4. The Morgan fingerprint density at radius 2 is 2.05 bits per heavy atom. The highest BCUT2D eigenvalue weighted by Gasteiger charge is 2.06. The van der Waals surface area contributed by atoms with Crippen molar-refractivity contribution in [2.75, 3.05) is 11.9 Å². The second kappa shape index (κ2) is 6.17. The van der Waals surface area contributed by atoms with Crippen LogP contribution in [-0.2, 0) is 4.79 Å². The Labute approximate surface area is 110 Å². The topological polar surface area (TPSA) is 75.0 Å². The summed E-state index contributed by atoms with van der Waals surface area (Å²) in [7, 11) is 0. The molecule has 19 heavy (non-hydrogen) atoms. The van der Waals surface area contributed by atoms with E-state index in [-0.39, 0.29) is 12.5 Å². The molecule has 0 fully saturated rings. The van der Waals surface area contributed by atoms with Gasteiger partial charge in [-0.25, -0.2) is 4.98 Å². The lowest BCUT2D eigenvalue weighted by atomic mass is 10.2. The summed E-state index contributed by atoms with van der Waals surface area (Å²) in [6, 6.07) is 14.0. The molecule has 0 aliphatic carbocycles. The van der Waals surface area contributed by atoms with Crippen molar-refractivity contribution in [2.24, 2.45) is 0 Å². The van der Waals surface area contributed by atoms with Crippen molar-refractivity contribution in [3.8, 4) is 11.8 Å². The number of nitrogens with zero attached hydrogens (tertiary/aromatic N) is 2. The monoisotopic (exact) mass is 253 g/mol. The summed E-state index contributed by atoms with van der Waals surface area (Å²) in [6.45, 7) is -0.171. The number of rotatable bonds is 4. The Balaban J connectivity index is 1.92. The summed E-state index contributed by atoms with van der Waals surface area (Å²) in [5.41, 5.74) is 0.396. The van der Waals surface area contributed by atoms with Gasteiger partial charge in [0.05, 0.1) is 5.56 Å². The Kier molecular flexibility index (Phi) is 4.09. The summed E-state index contributed by atoms with van der Waals surface area (Å²) in [4.78, 5) is 15.6. The van der Waals surface area contributed by atoms with Crippen molar-refractivity contribution in [3.05, 3.63) is 54.2 Å². The number of benzene rings is 1. The maximum absolute atomic E-state index is 11.6. The minimum Gasteiger partial charge on any atom is -0.482 e. The van der Waals surface area contributed by atoms with Gasteiger partial charge < -0.3 is 10.1 Å². The van der Waals surface area contributed by atoms with Crippen molar-refractivity contribution >= 4 is 11.7 Å². The van der Waals surface area contributed by atoms with Crippen LogP contribution < -0.4 is 10.1 Å². The van der Waals surface area contributed by atoms with E-state index < -0.39 is 0 Å². The first-order chi connectivity index (χ1) is 9.29. The number of hydrogen-bond donors (Lipinski definition) is 1. The maximum Gasteiger partial charge on any atom is 0.263 e. The fourth-order valence-corrected chi connectivity index (χ4v) is 1.44. The normalized spacial score (nSPS) is 9.42. The Bertz CT molecular complexity index is 606. The van der Waals surface area contributed by atoms with Crippen molar-refractivity contribution in [1.82, 2.24) is 4.98 Å². The van der Waals surface area contributed by atoms with Crippen molar-refractivity contribution in [2.45, 2.75) is 0 Å². The molecule has 0 saturated carbocycles. The van der Waals surface area contributed by atoms with E-state index in [9.17, 15) is 4.79 Å². The molecule has 2 aromatic rings. The van der Waals surface area contributed by atoms with Gasteiger partial charge in [-0.15, -0.1) is 0 Å². The summed E-state index contributed by atoms with van der Waals surface area (Å²) >= 11 is 0. The number of anilines is 1. The van der Waals surface area contributed by atoms with Crippen LogP contribution in [0, 0.1) is 11.3 Å². The molecule has 5 heteroatoms. The van der Waals surface area contributed by atoms with Crippen LogP contribution in [0.3, 0.4) is 0 Å². The number of ether oxygens (including phenoxy) is 1. The van der Waals surface area contributed by atoms with E-state index >= 15 is 0 Å². The fourth-order valence-electron chi connectivity index (χ4n) is 1.44. The first-order valence-corrected chi connectivity index (χ1v) is 5.62. The molecule has 5 nitrogen and oxygen atoms in total. The largest absolute Gasteiger partial charge is 0.482 e. The van der Waals surface area contributed by atoms with Crippen molar-refractivity contribution < 1.29 is 9.53 Å². The molecule has 2 rings (SSSR count). The molecule has 0 spiro atoms. The average Bonchev–Trinajstić information content (AvgIpc) is 2.46. The smallest absolute Gasteiger partial charge is 0.263 e. The minimum absolute atomic E-state index is 0.171. The summed E-state index contributed by atoms with van der Waals surface area (Å²) in [5, 5.41) is 11.5. The number of nitriles is 1. The number of carbonyl (C=O) groups is 1. The second-order valence-electron chi connectivity index (χ2n) is 3.66. The van der Waals surface area contributed by atoms with Gasteiger partial charge in [0.25, 0.3) is 5.91 Å². The SMILES string of the molecule is N#Cc1ccccc1OCC(=O)Nc1ccccn1. The molecule has 94 valence electrons. The molecule has 1 N–H and O–H groups in total. The molecule has 0 aliphatic heterocycles. The van der Waals surface area contributed by atoms with E-state index in [0.29, 0.717) is 17.1 Å². The zero-order valence-electron chi connectivity index (χ0n) is 10.0. The van der Waals surface area contributed by atoms with Crippen LogP contribution in [0.2, 0.25) is 0 Å². The van der Waals surface area contributed by atoms with E-state index in [1.54, 1.807) is 48.7 Å². The molecule has 1 aromatic heterocycles.